The molecule has 0 aliphatic rings. The lowest BCUT2D eigenvalue weighted by molar-refractivity contribution is 0.218. The van der Waals surface area contributed by atoms with E-state index < -0.39 is 6.10 Å². The second kappa shape index (κ2) is 6.29. The predicted octanol–water partition coefficient (Wildman–Crippen LogP) is 3.86. The van der Waals surface area contributed by atoms with Crippen molar-refractivity contribution in [2.45, 2.75) is 13.0 Å². The van der Waals surface area contributed by atoms with E-state index in [2.05, 4.69) is 15.9 Å². The Labute approximate surface area is 127 Å². The quantitative estimate of drug-likeness (QED) is 0.921. The Morgan fingerprint density at radius 2 is 1.65 bits per heavy atom. The van der Waals surface area contributed by atoms with Crippen molar-refractivity contribution in [3.63, 3.8) is 0 Å². The number of aliphatic hydroxyl groups excluding tert-OH is 1. The number of hydrogen-bond donors (Lipinski definition) is 1. The number of rotatable bonds is 4. The average molecular weight is 337 g/mol. The van der Waals surface area contributed by atoms with Crippen LogP contribution in [0, 0.1) is 6.92 Å². The summed E-state index contributed by atoms with van der Waals surface area (Å²) >= 11 is 3.48. The third kappa shape index (κ3) is 2.97. The molecule has 1 N–H and O–H groups in total. The molecule has 0 bridgehead atoms. The fourth-order valence-electron chi connectivity index (χ4n) is 2.09. The smallest absolute Gasteiger partial charge is 0.122 e. The molecule has 0 saturated carbocycles. The number of hydrogen-bond acceptors (Lipinski definition) is 3. The zero-order chi connectivity index (χ0) is 14.7. The summed E-state index contributed by atoms with van der Waals surface area (Å²) in [6.45, 7) is 1.97. The molecule has 20 heavy (non-hydrogen) atoms. The van der Waals surface area contributed by atoms with Crippen LogP contribution in [0.1, 0.15) is 22.8 Å². The number of halogens is 1. The van der Waals surface area contributed by atoms with Gasteiger partial charge in [0.1, 0.15) is 17.6 Å². The molecule has 1 unspecified atom stereocenters. The molecule has 0 fully saturated rings. The summed E-state index contributed by atoms with van der Waals surface area (Å²) in [7, 11) is 3.19. The van der Waals surface area contributed by atoms with Gasteiger partial charge in [-0.1, -0.05) is 28.1 Å². The van der Waals surface area contributed by atoms with Crippen LogP contribution in [-0.2, 0) is 0 Å². The molecule has 3 nitrogen and oxygen atoms in total. The lowest BCUT2D eigenvalue weighted by atomic mass is 9.97. The predicted molar refractivity (Wildman–Crippen MR) is 82.5 cm³/mol. The van der Waals surface area contributed by atoms with Gasteiger partial charge in [0.2, 0.25) is 0 Å². The minimum Gasteiger partial charge on any atom is -0.497 e. The maximum absolute atomic E-state index is 10.6. The average Bonchev–Trinajstić information content (AvgIpc) is 2.48. The summed E-state index contributed by atoms with van der Waals surface area (Å²) in [6.07, 6.45) is -0.725. The van der Waals surface area contributed by atoms with Crippen LogP contribution >= 0.6 is 15.9 Å². The second-order valence-electron chi connectivity index (χ2n) is 4.50. The van der Waals surface area contributed by atoms with Gasteiger partial charge >= 0.3 is 0 Å². The molecule has 0 aliphatic carbocycles. The standard InChI is InChI=1S/C16H17BrO3/c1-10-14(5-4-6-15(10)17)16(18)11-7-12(19-2)9-13(8-11)20-3/h4-9,16,18H,1-3H3. The van der Waals surface area contributed by atoms with E-state index in [4.69, 9.17) is 9.47 Å². The molecule has 2 rings (SSSR count). The third-order valence-corrected chi connectivity index (χ3v) is 4.15. The molecule has 0 aromatic heterocycles. The fourth-order valence-corrected chi connectivity index (χ4v) is 2.47. The lowest BCUT2D eigenvalue weighted by Crippen LogP contribution is -2.03. The Morgan fingerprint density at radius 1 is 1.05 bits per heavy atom. The van der Waals surface area contributed by atoms with Gasteiger partial charge in [-0.25, -0.2) is 0 Å². The van der Waals surface area contributed by atoms with Crippen molar-refractivity contribution >= 4 is 15.9 Å². The van der Waals surface area contributed by atoms with E-state index in [1.165, 1.54) is 0 Å². The van der Waals surface area contributed by atoms with E-state index in [-0.39, 0.29) is 0 Å². The highest BCUT2D eigenvalue weighted by Crippen LogP contribution is 2.33. The maximum atomic E-state index is 10.6. The molecular formula is C16H17BrO3. The molecule has 2 aromatic carbocycles. The first-order valence-corrected chi connectivity index (χ1v) is 7.02. The Bertz CT molecular complexity index is 588. The monoisotopic (exact) mass is 336 g/mol. The van der Waals surface area contributed by atoms with Crippen molar-refractivity contribution in [1.82, 2.24) is 0 Å². The highest BCUT2D eigenvalue weighted by atomic mass is 79.9. The molecule has 0 aliphatic heterocycles. The van der Waals surface area contributed by atoms with Crippen LogP contribution in [0.4, 0.5) is 0 Å². The van der Waals surface area contributed by atoms with E-state index in [0.717, 1.165) is 21.2 Å². The summed E-state index contributed by atoms with van der Waals surface area (Å²) in [5, 5.41) is 10.6. The zero-order valence-electron chi connectivity index (χ0n) is 11.7. The summed E-state index contributed by atoms with van der Waals surface area (Å²) in [5.41, 5.74) is 2.61. The topological polar surface area (TPSA) is 38.7 Å². The largest absolute Gasteiger partial charge is 0.497 e. The Hall–Kier alpha value is -1.52. The fraction of sp³-hybridized carbons (Fsp3) is 0.250. The first-order valence-electron chi connectivity index (χ1n) is 6.23. The van der Waals surface area contributed by atoms with Crippen LogP contribution in [0.3, 0.4) is 0 Å². The first-order chi connectivity index (χ1) is 9.56. The van der Waals surface area contributed by atoms with Gasteiger partial charge in [-0.3, -0.25) is 0 Å². The van der Waals surface area contributed by atoms with Gasteiger partial charge in [0.25, 0.3) is 0 Å². The van der Waals surface area contributed by atoms with Crippen molar-refractivity contribution < 1.29 is 14.6 Å². The first kappa shape index (κ1) is 14.9. The van der Waals surface area contributed by atoms with Crippen LogP contribution < -0.4 is 9.47 Å². The highest BCUT2D eigenvalue weighted by Gasteiger charge is 2.16. The number of methoxy groups -OCH3 is 2. The molecule has 0 heterocycles. The Morgan fingerprint density at radius 3 is 2.20 bits per heavy atom. The normalized spacial score (nSPS) is 12.1. The van der Waals surface area contributed by atoms with Gasteiger partial charge in [-0.05, 0) is 41.8 Å². The van der Waals surface area contributed by atoms with Crippen LogP contribution in [0.5, 0.6) is 11.5 Å². The highest BCUT2D eigenvalue weighted by molar-refractivity contribution is 9.10. The third-order valence-electron chi connectivity index (χ3n) is 3.29. The minimum absolute atomic E-state index is 0.658. The lowest BCUT2D eigenvalue weighted by Gasteiger charge is -2.17. The van der Waals surface area contributed by atoms with Gasteiger partial charge < -0.3 is 14.6 Å². The van der Waals surface area contributed by atoms with Crippen molar-refractivity contribution in [3.8, 4) is 11.5 Å². The number of ether oxygens (including phenoxy) is 2. The van der Waals surface area contributed by atoms with Crippen LogP contribution in [-0.4, -0.2) is 19.3 Å². The SMILES string of the molecule is COc1cc(OC)cc(C(O)c2cccc(Br)c2C)c1. The molecular weight excluding hydrogens is 320 g/mol. The van der Waals surface area contributed by atoms with Crippen LogP contribution in [0.25, 0.3) is 0 Å². The summed E-state index contributed by atoms with van der Waals surface area (Å²) in [4.78, 5) is 0. The van der Waals surface area contributed by atoms with E-state index in [1.807, 2.05) is 37.3 Å². The molecule has 0 radical (unpaired) electrons. The van der Waals surface area contributed by atoms with E-state index >= 15 is 0 Å². The Kier molecular flexibility index (Phi) is 4.68. The van der Waals surface area contributed by atoms with Crippen LogP contribution in [0.2, 0.25) is 0 Å². The van der Waals surface area contributed by atoms with Gasteiger partial charge in [0, 0.05) is 10.5 Å². The number of benzene rings is 2. The van der Waals surface area contributed by atoms with Gasteiger partial charge in [-0.2, -0.15) is 0 Å². The van der Waals surface area contributed by atoms with Gasteiger partial charge in [0.05, 0.1) is 14.2 Å². The summed E-state index contributed by atoms with van der Waals surface area (Å²) < 4.78 is 11.4. The van der Waals surface area contributed by atoms with Crippen LogP contribution in [0.15, 0.2) is 40.9 Å². The molecule has 4 heteroatoms. The molecule has 2 aromatic rings. The van der Waals surface area contributed by atoms with Gasteiger partial charge in [-0.15, -0.1) is 0 Å². The molecule has 1 atom stereocenters. The summed E-state index contributed by atoms with van der Waals surface area (Å²) in [6, 6.07) is 11.2. The van der Waals surface area contributed by atoms with Crippen molar-refractivity contribution in [2.24, 2.45) is 0 Å². The second-order valence-corrected chi connectivity index (χ2v) is 5.36. The maximum Gasteiger partial charge on any atom is 0.122 e. The molecule has 106 valence electrons. The zero-order valence-corrected chi connectivity index (χ0v) is 13.3. The van der Waals surface area contributed by atoms with Crippen molar-refractivity contribution in [1.29, 1.82) is 0 Å². The van der Waals surface area contributed by atoms with Crippen molar-refractivity contribution in [3.05, 3.63) is 57.6 Å². The molecule has 0 spiro atoms. The Balaban J connectivity index is 2.47. The van der Waals surface area contributed by atoms with E-state index in [0.29, 0.717) is 11.5 Å². The summed E-state index contributed by atoms with van der Waals surface area (Å²) in [5.74, 6) is 1.32. The van der Waals surface area contributed by atoms with E-state index in [9.17, 15) is 5.11 Å². The molecule has 0 saturated heterocycles. The molecule has 0 amide bonds. The van der Waals surface area contributed by atoms with E-state index in [1.54, 1.807) is 20.3 Å². The number of aliphatic hydroxyl groups is 1. The van der Waals surface area contributed by atoms with Crippen molar-refractivity contribution in [2.75, 3.05) is 14.2 Å². The van der Waals surface area contributed by atoms with Gasteiger partial charge in [0.15, 0.2) is 0 Å². The minimum atomic E-state index is -0.725.